The molecule has 44 heavy (non-hydrogen) atoms. The van der Waals surface area contributed by atoms with Crippen molar-refractivity contribution in [1.82, 2.24) is 10.2 Å². The van der Waals surface area contributed by atoms with Crippen molar-refractivity contribution < 1.29 is 18.0 Å². The van der Waals surface area contributed by atoms with Crippen molar-refractivity contribution in [2.24, 2.45) is 0 Å². The van der Waals surface area contributed by atoms with Crippen molar-refractivity contribution in [2.45, 2.75) is 57.6 Å². The van der Waals surface area contributed by atoms with Gasteiger partial charge in [-0.15, -0.1) is 0 Å². The largest absolute Gasteiger partial charge is 0.352 e. The van der Waals surface area contributed by atoms with Crippen LogP contribution in [0.1, 0.15) is 36.1 Å². The fourth-order valence-electron chi connectivity index (χ4n) is 4.87. The fraction of sp³-hybridized carbons (Fsp3) is 0.257. The first-order valence-electron chi connectivity index (χ1n) is 14.5. The second-order valence-corrected chi connectivity index (χ2v) is 13.3. The average Bonchev–Trinajstić information content (AvgIpc) is 3.00. The van der Waals surface area contributed by atoms with Gasteiger partial charge in [-0.3, -0.25) is 13.9 Å². The van der Waals surface area contributed by atoms with E-state index in [0.717, 1.165) is 21.0 Å². The Hall–Kier alpha value is -4.14. The molecule has 1 N–H and O–H groups in total. The van der Waals surface area contributed by atoms with Crippen molar-refractivity contribution >= 4 is 39.1 Å². The highest BCUT2D eigenvalue weighted by molar-refractivity contribution is 7.92. The molecule has 0 bridgehead atoms. The van der Waals surface area contributed by atoms with Crippen LogP contribution in [-0.4, -0.2) is 43.8 Å². The summed E-state index contributed by atoms with van der Waals surface area (Å²) in [5.74, 6) is -0.879. The molecule has 0 aliphatic rings. The first-order valence-corrected chi connectivity index (χ1v) is 16.3. The molecule has 0 radical (unpaired) electrons. The quantitative estimate of drug-likeness (QED) is 0.198. The van der Waals surface area contributed by atoms with Crippen LogP contribution in [0.5, 0.6) is 0 Å². The topological polar surface area (TPSA) is 86.8 Å². The lowest BCUT2D eigenvalue weighted by Crippen LogP contribution is -2.54. The maximum atomic E-state index is 14.5. The number of anilines is 1. The number of nitrogens with zero attached hydrogens (tertiary/aromatic N) is 2. The summed E-state index contributed by atoms with van der Waals surface area (Å²) in [6.45, 7) is 7.02. The summed E-state index contributed by atoms with van der Waals surface area (Å²) >= 11 is 6.54. The Morgan fingerprint density at radius 3 is 2.05 bits per heavy atom. The van der Waals surface area contributed by atoms with Crippen molar-refractivity contribution in [3.8, 4) is 0 Å². The van der Waals surface area contributed by atoms with Crippen LogP contribution in [-0.2, 0) is 32.6 Å². The molecule has 0 saturated carbocycles. The molecule has 0 aliphatic carbocycles. The van der Waals surface area contributed by atoms with Crippen LogP contribution in [0.4, 0.5) is 5.69 Å². The number of benzene rings is 4. The molecule has 4 aromatic carbocycles. The molecule has 0 spiro atoms. The molecule has 0 aliphatic heterocycles. The van der Waals surface area contributed by atoms with Gasteiger partial charge >= 0.3 is 0 Å². The van der Waals surface area contributed by atoms with Gasteiger partial charge in [0.15, 0.2) is 0 Å². The molecular weight excluding hydrogens is 594 g/mol. The smallest absolute Gasteiger partial charge is 0.264 e. The molecule has 4 aromatic rings. The molecule has 0 unspecified atom stereocenters. The van der Waals surface area contributed by atoms with Crippen molar-refractivity contribution in [3.05, 3.63) is 130 Å². The zero-order valence-corrected chi connectivity index (χ0v) is 27.0. The van der Waals surface area contributed by atoms with E-state index < -0.39 is 28.5 Å². The molecule has 0 fully saturated rings. The summed E-state index contributed by atoms with van der Waals surface area (Å²) in [5.41, 5.74) is 3.73. The van der Waals surface area contributed by atoms with Crippen LogP contribution < -0.4 is 9.62 Å². The molecule has 0 saturated heterocycles. The third-order valence-electron chi connectivity index (χ3n) is 7.39. The number of hydrogen-bond acceptors (Lipinski definition) is 4. The van der Waals surface area contributed by atoms with E-state index in [1.807, 2.05) is 70.2 Å². The Morgan fingerprint density at radius 2 is 1.43 bits per heavy atom. The van der Waals surface area contributed by atoms with E-state index in [4.69, 9.17) is 11.6 Å². The molecule has 0 heterocycles. The highest BCUT2D eigenvalue weighted by Gasteiger charge is 2.35. The molecule has 4 rings (SSSR count). The van der Waals surface area contributed by atoms with Gasteiger partial charge in [0.2, 0.25) is 11.8 Å². The average molecular weight is 632 g/mol. The van der Waals surface area contributed by atoms with Crippen molar-refractivity contribution in [1.29, 1.82) is 0 Å². The minimum absolute atomic E-state index is 0.00761. The van der Waals surface area contributed by atoms with E-state index in [2.05, 4.69) is 5.32 Å². The Labute approximate surface area is 265 Å². The molecule has 0 aromatic heterocycles. The molecule has 1 atom stereocenters. The predicted molar refractivity (Wildman–Crippen MR) is 176 cm³/mol. The van der Waals surface area contributed by atoms with E-state index >= 15 is 0 Å². The monoisotopic (exact) mass is 631 g/mol. The second kappa shape index (κ2) is 14.6. The lowest BCUT2D eigenvalue weighted by atomic mass is 10.0. The SMILES string of the molecule is Cc1ccc(N(CC(=O)N(Cc2ccccc2Cl)[C@H](Cc2ccccc2)C(=O)NC(C)C)S(=O)(=O)c2ccccc2)cc1C. The first kappa shape index (κ1) is 32.8. The minimum atomic E-state index is -4.16. The van der Waals surface area contributed by atoms with Gasteiger partial charge in [-0.2, -0.15) is 0 Å². The maximum absolute atomic E-state index is 14.5. The summed E-state index contributed by atoms with van der Waals surface area (Å²) in [4.78, 5) is 29.8. The number of carbonyl (C=O) groups is 2. The van der Waals surface area contributed by atoms with Gasteiger partial charge < -0.3 is 10.2 Å². The van der Waals surface area contributed by atoms with Crippen molar-refractivity contribution in [2.75, 3.05) is 10.8 Å². The van der Waals surface area contributed by atoms with Gasteiger partial charge in [-0.25, -0.2) is 8.42 Å². The van der Waals surface area contributed by atoms with Crippen molar-refractivity contribution in [3.63, 3.8) is 0 Å². The van der Waals surface area contributed by atoms with Gasteiger partial charge in [0.25, 0.3) is 10.0 Å². The lowest BCUT2D eigenvalue weighted by molar-refractivity contribution is -0.140. The summed E-state index contributed by atoms with van der Waals surface area (Å²) in [5, 5.41) is 3.40. The Morgan fingerprint density at radius 1 is 0.818 bits per heavy atom. The number of aryl methyl sites for hydroxylation is 2. The minimum Gasteiger partial charge on any atom is -0.352 e. The molecule has 2 amide bonds. The number of hydrogen-bond donors (Lipinski definition) is 1. The van der Waals surface area contributed by atoms with Crippen LogP contribution in [0.25, 0.3) is 0 Å². The number of amides is 2. The van der Waals surface area contributed by atoms with E-state index in [1.54, 1.807) is 48.5 Å². The number of nitrogens with one attached hydrogen (secondary N) is 1. The van der Waals surface area contributed by atoms with Crippen LogP contribution in [0.15, 0.2) is 108 Å². The number of sulfonamides is 1. The molecule has 7 nitrogen and oxygen atoms in total. The Balaban J connectivity index is 1.82. The van der Waals surface area contributed by atoms with Gasteiger partial charge in [-0.1, -0.05) is 84.4 Å². The summed E-state index contributed by atoms with van der Waals surface area (Å²) in [6.07, 6.45) is 0.227. The van der Waals surface area contributed by atoms with Gasteiger partial charge in [0.1, 0.15) is 12.6 Å². The third kappa shape index (κ3) is 8.07. The number of halogens is 1. The number of rotatable bonds is 12. The predicted octanol–water partition coefficient (Wildman–Crippen LogP) is 6.32. The Kier molecular flexibility index (Phi) is 10.8. The summed E-state index contributed by atoms with van der Waals surface area (Å²) < 4.78 is 29.3. The second-order valence-electron chi connectivity index (χ2n) is 11.1. The standard InChI is InChI=1S/C35H38ClN3O4S/c1-25(2)37-35(41)33(22-28-13-7-5-8-14-28)38(23-29-15-11-12-18-32(29)36)34(40)24-39(30-20-19-26(3)27(4)21-30)44(42,43)31-16-9-6-10-17-31/h5-21,25,33H,22-24H2,1-4H3,(H,37,41)/t33-/m1/s1. The first-order chi connectivity index (χ1) is 21.0. The van der Waals surface area contributed by atoms with Crippen LogP contribution in [0.2, 0.25) is 5.02 Å². The summed E-state index contributed by atoms with van der Waals surface area (Å²) in [7, 11) is -4.16. The summed E-state index contributed by atoms with van der Waals surface area (Å²) in [6, 6.07) is 28.7. The lowest BCUT2D eigenvalue weighted by Gasteiger charge is -2.34. The van der Waals surface area contributed by atoms with Crippen LogP contribution in [0, 0.1) is 13.8 Å². The van der Waals surface area contributed by atoms with Gasteiger partial charge in [0.05, 0.1) is 10.6 Å². The normalized spacial score (nSPS) is 12.0. The zero-order valence-electron chi connectivity index (χ0n) is 25.4. The molecule has 230 valence electrons. The van der Waals surface area contributed by atoms with E-state index in [9.17, 15) is 18.0 Å². The molecule has 9 heteroatoms. The van der Waals surface area contributed by atoms with E-state index in [0.29, 0.717) is 16.3 Å². The van der Waals surface area contributed by atoms with E-state index in [-0.39, 0.29) is 29.8 Å². The van der Waals surface area contributed by atoms with Gasteiger partial charge in [-0.05, 0) is 80.3 Å². The maximum Gasteiger partial charge on any atom is 0.264 e. The van der Waals surface area contributed by atoms with Crippen LogP contribution in [0.3, 0.4) is 0 Å². The highest BCUT2D eigenvalue weighted by atomic mass is 35.5. The Bertz CT molecular complexity index is 1700. The van der Waals surface area contributed by atoms with E-state index in [1.165, 1.54) is 17.0 Å². The number of carbonyl (C=O) groups excluding carboxylic acids is 2. The third-order valence-corrected chi connectivity index (χ3v) is 9.55. The van der Waals surface area contributed by atoms with Crippen LogP contribution >= 0.6 is 11.6 Å². The zero-order chi connectivity index (χ0) is 31.9. The fourth-order valence-corrected chi connectivity index (χ4v) is 6.50. The highest BCUT2D eigenvalue weighted by Crippen LogP contribution is 2.27. The van der Waals surface area contributed by atoms with Gasteiger partial charge in [0, 0.05) is 24.0 Å². The molecular formula is C35H38ClN3O4S.